The van der Waals surface area contributed by atoms with E-state index < -0.39 is 10.8 Å². The third-order valence-corrected chi connectivity index (χ3v) is 15.9. The lowest BCUT2D eigenvalue weighted by atomic mass is 9.72. The van der Waals surface area contributed by atoms with Crippen molar-refractivity contribution in [2.75, 3.05) is 9.80 Å². The SMILES string of the molecule is Cc1ccc(N(c2ccc(C)cc2C)c2cc3c(c4c2oc2ccccc24)-c2ccc4c(c2C3(C)C)C(C)(C)c2cc(N(c3ccc(C)cc3)c3ccc(C)cc3C)c3c(oc5ccccc53)c2-4)cc1. The van der Waals surface area contributed by atoms with Gasteiger partial charge >= 0.3 is 0 Å². The first-order valence-electron chi connectivity index (χ1n) is 24.7. The zero-order valence-electron chi connectivity index (χ0n) is 41.7. The summed E-state index contributed by atoms with van der Waals surface area (Å²) >= 11 is 0. The molecule has 0 spiro atoms. The molecule has 0 unspecified atom stereocenters. The monoisotopic (exact) mass is 908 g/mol. The molecular weight excluding hydrogens is 853 g/mol. The normalized spacial score (nSPS) is 14.1. The van der Waals surface area contributed by atoms with Gasteiger partial charge in [-0.15, -0.1) is 0 Å². The van der Waals surface area contributed by atoms with E-state index in [0.717, 1.165) is 78.0 Å². The molecule has 0 saturated carbocycles. The molecule has 0 amide bonds. The summed E-state index contributed by atoms with van der Waals surface area (Å²) < 4.78 is 14.3. The highest BCUT2D eigenvalue weighted by atomic mass is 16.3. The van der Waals surface area contributed by atoms with Gasteiger partial charge in [-0.05, 0) is 152 Å². The second-order valence-electron chi connectivity index (χ2n) is 21.3. The van der Waals surface area contributed by atoms with E-state index in [1.807, 2.05) is 0 Å². The van der Waals surface area contributed by atoms with Crippen LogP contribution in [0.4, 0.5) is 34.1 Å². The standard InChI is InChI=1S/C66H56N2O2/c1-37-19-25-43(26-20-37)67(51-31-23-39(3)33-41(51)5)53-35-50-58(64-59(53)45-15-11-13-17-55(45)70-64)48-30-29-47-57-49(65(7,8)61(47)62(48)66(50,9)10)36-54(63-60(57)46-16-12-14-18-56(46)69-63)68(44-27-21-38(2)22-28-44)52-32-24-40(4)34-42(52)6/h11-36H,1-10H3. The Hall–Kier alpha value is -7.82. The maximum atomic E-state index is 7.21. The molecule has 0 aliphatic heterocycles. The smallest absolute Gasteiger partial charge is 0.160 e. The van der Waals surface area contributed by atoms with E-state index in [1.165, 1.54) is 77.9 Å². The largest absolute Gasteiger partial charge is 0.455 e. The van der Waals surface area contributed by atoms with Crippen molar-refractivity contribution in [1.29, 1.82) is 0 Å². The molecule has 4 heteroatoms. The Morgan fingerprint density at radius 2 is 0.800 bits per heavy atom. The predicted octanol–water partition coefficient (Wildman–Crippen LogP) is 18.9. The van der Waals surface area contributed by atoms with Gasteiger partial charge in [-0.3, -0.25) is 0 Å². The third-order valence-electron chi connectivity index (χ3n) is 15.9. The van der Waals surface area contributed by atoms with E-state index in [2.05, 4.69) is 237 Å². The molecule has 70 heavy (non-hydrogen) atoms. The highest BCUT2D eigenvalue weighted by molar-refractivity contribution is 6.22. The Kier molecular flexibility index (Phi) is 8.97. The average molecular weight is 909 g/mol. The third kappa shape index (κ3) is 5.89. The van der Waals surface area contributed by atoms with Gasteiger partial charge in [0, 0.05) is 55.3 Å². The lowest BCUT2D eigenvalue weighted by Gasteiger charge is -2.32. The second-order valence-corrected chi connectivity index (χ2v) is 21.3. The number of hydrogen-bond donors (Lipinski definition) is 0. The number of rotatable bonds is 6. The van der Waals surface area contributed by atoms with Gasteiger partial charge in [0.1, 0.15) is 16.7 Å². The van der Waals surface area contributed by atoms with Crippen molar-refractivity contribution in [1.82, 2.24) is 0 Å². The fourth-order valence-electron chi connectivity index (χ4n) is 12.5. The minimum Gasteiger partial charge on any atom is -0.455 e. The molecule has 0 radical (unpaired) electrons. The predicted molar refractivity (Wildman–Crippen MR) is 294 cm³/mol. The van der Waals surface area contributed by atoms with Crippen LogP contribution in [0.1, 0.15) is 83.3 Å². The fourth-order valence-corrected chi connectivity index (χ4v) is 12.5. The van der Waals surface area contributed by atoms with Crippen LogP contribution in [0, 0.1) is 41.5 Å². The number of fused-ring (bicyclic) bond motifs is 15. The topological polar surface area (TPSA) is 32.8 Å². The second kappa shape index (κ2) is 14.8. The first-order valence-corrected chi connectivity index (χ1v) is 24.7. The van der Waals surface area contributed by atoms with E-state index in [0.29, 0.717) is 0 Å². The summed E-state index contributed by atoms with van der Waals surface area (Å²) in [6, 6.07) is 58.4. The summed E-state index contributed by atoms with van der Waals surface area (Å²) in [5, 5.41) is 4.53. The quantitative estimate of drug-likeness (QED) is 0.166. The number of nitrogens with zero attached hydrogens (tertiary/aromatic N) is 2. The molecule has 13 rings (SSSR count). The summed E-state index contributed by atoms with van der Waals surface area (Å²) in [4.78, 5) is 4.90. The molecule has 4 nitrogen and oxygen atoms in total. The maximum absolute atomic E-state index is 7.21. The van der Waals surface area contributed by atoms with E-state index in [4.69, 9.17) is 8.83 Å². The zero-order chi connectivity index (χ0) is 48.1. The van der Waals surface area contributed by atoms with E-state index in [9.17, 15) is 0 Å². The van der Waals surface area contributed by atoms with Gasteiger partial charge in [0.2, 0.25) is 0 Å². The number of hydrogen-bond acceptors (Lipinski definition) is 4. The molecule has 0 atom stereocenters. The Bertz CT molecular complexity index is 4010. The van der Waals surface area contributed by atoms with Crippen molar-refractivity contribution in [2.45, 2.75) is 80.1 Å². The first kappa shape index (κ1) is 42.3. The van der Waals surface area contributed by atoms with Gasteiger partial charge in [-0.2, -0.15) is 0 Å². The zero-order valence-corrected chi connectivity index (χ0v) is 41.7. The van der Waals surface area contributed by atoms with Crippen molar-refractivity contribution in [2.24, 2.45) is 0 Å². The summed E-state index contributed by atoms with van der Waals surface area (Å²) in [6.45, 7) is 22.9. The van der Waals surface area contributed by atoms with E-state index in [-0.39, 0.29) is 0 Å². The molecule has 2 aromatic heterocycles. The van der Waals surface area contributed by atoms with Gasteiger partial charge in [0.15, 0.2) is 5.58 Å². The molecule has 2 aliphatic rings. The Morgan fingerprint density at radius 3 is 1.33 bits per heavy atom. The minimum atomic E-state index is -0.411. The van der Waals surface area contributed by atoms with Crippen LogP contribution in [0.3, 0.4) is 0 Å². The molecular formula is C66H56N2O2. The Balaban J connectivity index is 1.10. The van der Waals surface area contributed by atoms with Crippen molar-refractivity contribution < 1.29 is 8.83 Å². The van der Waals surface area contributed by atoms with Crippen molar-refractivity contribution in [3.63, 3.8) is 0 Å². The van der Waals surface area contributed by atoms with Crippen LogP contribution in [-0.4, -0.2) is 0 Å². The van der Waals surface area contributed by atoms with E-state index in [1.54, 1.807) is 0 Å². The van der Waals surface area contributed by atoms with Crippen molar-refractivity contribution >= 4 is 78.0 Å². The first-order chi connectivity index (χ1) is 33.7. The van der Waals surface area contributed by atoms with Crippen LogP contribution in [0.15, 0.2) is 167 Å². The van der Waals surface area contributed by atoms with Crippen LogP contribution >= 0.6 is 0 Å². The van der Waals surface area contributed by atoms with Gasteiger partial charge in [-0.25, -0.2) is 0 Å². The number of benzene rings is 9. The number of para-hydroxylation sites is 2. The van der Waals surface area contributed by atoms with Crippen LogP contribution in [0.25, 0.3) is 66.1 Å². The average Bonchev–Trinajstić information content (AvgIpc) is 4.04. The summed E-state index contributed by atoms with van der Waals surface area (Å²) in [5.74, 6) is 0. The van der Waals surface area contributed by atoms with Crippen molar-refractivity contribution in [3.05, 3.63) is 213 Å². The van der Waals surface area contributed by atoms with Gasteiger partial charge in [-0.1, -0.05) is 147 Å². The molecule has 0 bridgehead atoms. The van der Waals surface area contributed by atoms with E-state index >= 15 is 0 Å². The van der Waals surface area contributed by atoms with Crippen molar-refractivity contribution in [3.8, 4) is 22.3 Å². The lowest BCUT2D eigenvalue weighted by Crippen LogP contribution is -2.24. The molecule has 9 aromatic carbocycles. The fraction of sp³-hybridized carbons (Fsp3) is 0.182. The van der Waals surface area contributed by atoms with Gasteiger partial charge in [0.05, 0.1) is 16.8 Å². The Labute approximate surface area is 410 Å². The van der Waals surface area contributed by atoms with Crippen LogP contribution < -0.4 is 9.80 Å². The Morgan fingerprint density at radius 1 is 0.371 bits per heavy atom. The summed E-state index contributed by atoms with van der Waals surface area (Å²) in [5.41, 5.74) is 27.1. The molecule has 0 fully saturated rings. The molecule has 0 N–H and O–H groups in total. The van der Waals surface area contributed by atoms with Crippen LogP contribution in [-0.2, 0) is 10.8 Å². The molecule has 342 valence electrons. The highest BCUT2D eigenvalue weighted by Gasteiger charge is 2.49. The minimum absolute atomic E-state index is 0.402. The molecule has 2 heterocycles. The molecule has 0 saturated heterocycles. The summed E-state index contributed by atoms with van der Waals surface area (Å²) in [7, 11) is 0. The highest BCUT2D eigenvalue weighted by Crippen LogP contribution is 2.64. The maximum Gasteiger partial charge on any atom is 0.160 e. The lowest BCUT2D eigenvalue weighted by molar-refractivity contribution is 0.600. The summed E-state index contributed by atoms with van der Waals surface area (Å²) in [6.07, 6.45) is 0. The number of furan rings is 2. The van der Waals surface area contributed by atoms with Gasteiger partial charge < -0.3 is 18.6 Å². The molecule has 11 aromatic rings. The number of anilines is 6. The van der Waals surface area contributed by atoms with Crippen LogP contribution in [0.2, 0.25) is 0 Å². The molecule has 2 aliphatic carbocycles. The van der Waals surface area contributed by atoms with Gasteiger partial charge in [0.25, 0.3) is 0 Å². The number of aryl methyl sites for hydroxylation is 6. The van der Waals surface area contributed by atoms with Crippen LogP contribution in [0.5, 0.6) is 0 Å².